The Hall–Kier alpha value is 0.194. The molecule has 0 N–H and O–H groups in total. The molecule has 79 valence electrons. The van der Waals surface area contributed by atoms with Gasteiger partial charge in [-0.1, -0.05) is 30.7 Å². The summed E-state index contributed by atoms with van der Waals surface area (Å²) in [6.07, 6.45) is 3.89. The third kappa shape index (κ3) is 2.85. The summed E-state index contributed by atoms with van der Waals surface area (Å²) in [4.78, 5) is 0. The van der Waals surface area contributed by atoms with Gasteiger partial charge in [-0.05, 0) is 6.92 Å². The summed E-state index contributed by atoms with van der Waals surface area (Å²) in [5.74, 6) is 1.25. The molecule has 0 bridgehead atoms. The Balaban J connectivity index is 0.00000112. The molecular formula is C14H18Y-2. The van der Waals surface area contributed by atoms with Gasteiger partial charge in [-0.2, -0.15) is 24.5 Å². The van der Waals surface area contributed by atoms with Gasteiger partial charge in [-0.3, -0.25) is 0 Å². The summed E-state index contributed by atoms with van der Waals surface area (Å²) in [5, 5.41) is 0. The van der Waals surface area contributed by atoms with Crippen LogP contribution in [0.5, 0.6) is 0 Å². The van der Waals surface area contributed by atoms with Crippen molar-refractivity contribution in [3.63, 3.8) is 0 Å². The van der Waals surface area contributed by atoms with Gasteiger partial charge in [0.15, 0.2) is 0 Å². The van der Waals surface area contributed by atoms with Crippen molar-refractivity contribution in [1.82, 2.24) is 0 Å². The van der Waals surface area contributed by atoms with E-state index in [0.29, 0.717) is 11.8 Å². The molecule has 1 radical (unpaired) electrons. The molecule has 1 fully saturated rings. The minimum atomic E-state index is 0. The Kier molecular flexibility index (Phi) is 4.86. The van der Waals surface area contributed by atoms with Gasteiger partial charge in [0.2, 0.25) is 0 Å². The van der Waals surface area contributed by atoms with E-state index in [2.05, 4.69) is 39.0 Å². The third-order valence-corrected chi connectivity index (χ3v) is 3.36. The summed E-state index contributed by atoms with van der Waals surface area (Å²) in [6.45, 7) is 10.5. The molecule has 0 spiro atoms. The number of rotatable bonds is 1. The predicted octanol–water partition coefficient (Wildman–Crippen LogP) is 3.89. The fraction of sp³-hybridized carbons (Fsp3) is 0.429. The van der Waals surface area contributed by atoms with Crippen LogP contribution in [0.15, 0.2) is 18.2 Å². The van der Waals surface area contributed by atoms with Gasteiger partial charge in [0.25, 0.3) is 0 Å². The van der Waals surface area contributed by atoms with Crippen molar-refractivity contribution in [3.8, 4) is 0 Å². The van der Waals surface area contributed by atoms with Crippen LogP contribution >= 0.6 is 0 Å². The van der Waals surface area contributed by atoms with Crippen LogP contribution in [0.3, 0.4) is 0 Å². The third-order valence-electron chi connectivity index (χ3n) is 3.36. The number of benzene rings is 1. The molecular weight excluding hydrogens is 257 g/mol. The SMILES string of the molecule is [CH2-]c1ccc(C)cc1C1CCCC1[CH2-].[Y]. The second-order valence-corrected chi connectivity index (χ2v) is 4.50. The zero-order valence-corrected chi connectivity index (χ0v) is 12.3. The van der Waals surface area contributed by atoms with Crippen molar-refractivity contribution in [2.45, 2.75) is 32.1 Å². The van der Waals surface area contributed by atoms with Gasteiger partial charge in [0.05, 0.1) is 0 Å². The molecule has 0 amide bonds. The van der Waals surface area contributed by atoms with E-state index in [9.17, 15) is 0 Å². The van der Waals surface area contributed by atoms with Crippen molar-refractivity contribution in [2.75, 3.05) is 0 Å². The van der Waals surface area contributed by atoms with E-state index in [1.54, 1.807) is 0 Å². The Labute approximate surface area is 119 Å². The maximum Gasteiger partial charge on any atom is 0 e. The monoisotopic (exact) mass is 275 g/mol. The van der Waals surface area contributed by atoms with Crippen LogP contribution < -0.4 is 0 Å². The largest absolute Gasteiger partial charge is 0.341 e. The van der Waals surface area contributed by atoms with Crippen LogP contribution in [0.1, 0.15) is 41.9 Å². The quantitative estimate of drug-likeness (QED) is 0.682. The molecule has 1 saturated carbocycles. The molecule has 2 atom stereocenters. The minimum Gasteiger partial charge on any atom is -0.341 e. The molecule has 1 heteroatoms. The minimum absolute atomic E-state index is 0. The van der Waals surface area contributed by atoms with Crippen LogP contribution in [0, 0.1) is 26.7 Å². The first kappa shape index (κ1) is 13.3. The Bertz CT molecular complexity index is 330. The van der Waals surface area contributed by atoms with E-state index in [4.69, 9.17) is 0 Å². The fourth-order valence-electron chi connectivity index (χ4n) is 2.51. The van der Waals surface area contributed by atoms with Crippen LogP contribution in [0.2, 0.25) is 0 Å². The van der Waals surface area contributed by atoms with Crippen LogP contribution in [-0.4, -0.2) is 0 Å². The summed E-state index contributed by atoms with van der Waals surface area (Å²) in [6, 6.07) is 6.56. The summed E-state index contributed by atoms with van der Waals surface area (Å²) in [5.41, 5.74) is 3.96. The second-order valence-electron chi connectivity index (χ2n) is 4.50. The normalized spacial score (nSPS) is 24.9. The maximum atomic E-state index is 4.24. The molecule has 1 aromatic rings. The zero-order valence-electron chi connectivity index (χ0n) is 9.50. The van der Waals surface area contributed by atoms with Gasteiger partial charge in [0, 0.05) is 32.7 Å². The molecule has 1 aliphatic carbocycles. The average molecular weight is 275 g/mol. The molecule has 0 aromatic heterocycles. The fourth-order valence-corrected chi connectivity index (χ4v) is 2.51. The summed E-state index contributed by atoms with van der Waals surface area (Å²) >= 11 is 0. The maximum absolute atomic E-state index is 4.24. The molecule has 1 aromatic carbocycles. The van der Waals surface area contributed by atoms with E-state index in [0.717, 1.165) is 0 Å². The molecule has 2 unspecified atom stereocenters. The van der Waals surface area contributed by atoms with Gasteiger partial charge in [-0.25, -0.2) is 0 Å². The summed E-state index contributed by atoms with van der Waals surface area (Å²) in [7, 11) is 0. The molecule has 0 saturated heterocycles. The second kappa shape index (κ2) is 5.50. The topological polar surface area (TPSA) is 0 Å². The van der Waals surface area contributed by atoms with E-state index >= 15 is 0 Å². The van der Waals surface area contributed by atoms with Crippen LogP contribution in [-0.2, 0) is 32.7 Å². The van der Waals surface area contributed by atoms with Crippen molar-refractivity contribution in [3.05, 3.63) is 48.7 Å². The van der Waals surface area contributed by atoms with Gasteiger partial charge in [0.1, 0.15) is 0 Å². The summed E-state index contributed by atoms with van der Waals surface area (Å²) < 4.78 is 0. The van der Waals surface area contributed by atoms with Gasteiger partial charge in [-0.15, -0.1) is 17.7 Å². The van der Waals surface area contributed by atoms with Crippen molar-refractivity contribution in [2.24, 2.45) is 5.92 Å². The van der Waals surface area contributed by atoms with Crippen LogP contribution in [0.25, 0.3) is 0 Å². The molecule has 0 aliphatic heterocycles. The van der Waals surface area contributed by atoms with Gasteiger partial charge < -0.3 is 6.92 Å². The zero-order chi connectivity index (χ0) is 10.1. The number of aryl methyl sites for hydroxylation is 1. The van der Waals surface area contributed by atoms with Gasteiger partial charge >= 0.3 is 0 Å². The first-order valence-corrected chi connectivity index (χ1v) is 5.44. The van der Waals surface area contributed by atoms with E-state index < -0.39 is 0 Å². The van der Waals surface area contributed by atoms with E-state index in [1.165, 1.54) is 36.0 Å². The van der Waals surface area contributed by atoms with Crippen molar-refractivity contribution < 1.29 is 32.7 Å². The average Bonchev–Trinajstić information content (AvgIpc) is 2.56. The van der Waals surface area contributed by atoms with Crippen molar-refractivity contribution >= 4 is 0 Å². The Morgan fingerprint density at radius 1 is 1.27 bits per heavy atom. The first-order chi connectivity index (χ1) is 6.68. The Morgan fingerprint density at radius 3 is 2.60 bits per heavy atom. The Morgan fingerprint density at radius 2 is 2.00 bits per heavy atom. The van der Waals surface area contributed by atoms with E-state index in [1.807, 2.05) is 0 Å². The van der Waals surface area contributed by atoms with Crippen LogP contribution in [0.4, 0.5) is 0 Å². The molecule has 15 heavy (non-hydrogen) atoms. The molecule has 1 aliphatic rings. The predicted molar refractivity (Wildman–Crippen MR) is 61.1 cm³/mol. The van der Waals surface area contributed by atoms with Crippen molar-refractivity contribution in [1.29, 1.82) is 0 Å². The molecule has 0 heterocycles. The molecule has 0 nitrogen and oxygen atoms in total. The smallest absolute Gasteiger partial charge is 0 e. The number of hydrogen-bond acceptors (Lipinski definition) is 0. The number of hydrogen-bond donors (Lipinski definition) is 0. The first-order valence-electron chi connectivity index (χ1n) is 5.44. The van der Waals surface area contributed by atoms with E-state index in [-0.39, 0.29) is 32.7 Å². The standard InChI is InChI=1S/C14H18.Y/c1-10-7-8-12(3)14(9-10)13-6-4-5-11(13)2;/h7-9,11,13H,2-6H2,1H3;/q-2;. The molecule has 2 rings (SSSR count).